The molecule has 0 saturated heterocycles. The molecule has 0 saturated carbocycles. The minimum absolute atomic E-state index is 0.0414. The molecule has 0 radical (unpaired) electrons. The maximum Gasteiger partial charge on any atom is 0.223 e. The van der Waals surface area contributed by atoms with Crippen LogP contribution in [0.15, 0.2) is 162 Å². The van der Waals surface area contributed by atoms with Gasteiger partial charge < -0.3 is 0 Å². The second-order valence-corrected chi connectivity index (χ2v) is 11.9. The van der Waals surface area contributed by atoms with Crippen LogP contribution in [-0.4, -0.2) is 13.4 Å². The van der Waals surface area contributed by atoms with Crippen molar-refractivity contribution < 1.29 is 8.42 Å². The number of benzene rings is 5. The third-order valence-corrected chi connectivity index (χ3v) is 9.50. The molecule has 192 valence electrons. The highest BCUT2D eigenvalue weighted by atomic mass is 32.2. The van der Waals surface area contributed by atoms with Gasteiger partial charge in [0.2, 0.25) is 9.84 Å². The first-order valence-electron chi connectivity index (χ1n) is 13.2. The molecule has 1 aromatic heterocycles. The summed E-state index contributed by atoms with van der Waals surface area (Å²) in [5.41, 5.74) is 8.34. The molecule has 1 aliphatic carbocycles. The number of nitrogens with zero attached hydrogens (tertiary/aromatic N) is 1. The van der Waals surface area contributed by atoms with E-state index in [9.17, 15) is 8.42 Å². The van der Waals surface area contributed by atoms with E-state index in [0.29, 0.717) is 5.69 Å². The summed E-state index contributed by atoms with van der Waals surface area (Å²) >= 11 is 0. The SMILES string of the molecule is O=S(=O)(c1ccccc1)c1cccc(-c2ccc(C3(c4ccccc4)c4ccccc4-c4ccccc43)cc2)n1. The lowest BCUT2D eigenvalue weighted by molar-refractivity contribution is 0.592. The monoisotopic (exact) mass is 535 g/mol. The van der Waals surface area contributed by atoms with Gasteiger partial charge in [0, 0.05) is 5.56 Å². The van der Waals surface area contributed by atoms with Crippen LogP contribution in [0.3, 0.4) is 0 Å². The van der Waals surface area contributed by atoms with Gasteiger partial charge in [0.25, 0.3) is 0 Å². The predicted octanol–water partition coefficient (Wildman–Crippen LogP) is 7.94. The summed E-state index contributed by atoms with van der Waals surface area (Å²) in [7, 11) is -3.71. The van der Waals surface area contributed by atoms with Crippen LogP contribution < -0.4 is 0 Å². The van der Waals surface area contributed by atoms with Crippen LogP contribution >= 0.6 is 0 Å². The molecule has 3 nitrogen and oxygen atoms in total. The molecule has 0 spiro atoms. The second-order valence-electron chi connectivity index (χ2n) is 9.96. The zero-order valence-corrected chi connectivity index (χ0v) is 22.4. The summed E-state index contributed by atoms with van der Waals surface area (Å²) in [6.45, 7) is 0. The Morgan fingerprint density at radius 1 is 0.475 bits per heavy atom. The lowest BCUT2D eigenvalue weighted by atomic mass is 9.67. The maximum absolute atomic E-state index is 13.2. The normalized spacial score (nSPS) is 13.4. The van der Waals surface area contributed by atoms with E-state index in [-0.39, 0.29) is 9.92 Å². The molecule has 0 fully saturated rings. The Hall–Kier alpha value is -4.80. The summed E-state index contributed by atoms with van der Waals surface area (Å²) in [4.78, 5) is 4.81. The van der Waals surface area contributed by atoms with E-state index in [1.54, 1.807) is 42.5 Å². The van der Waals surface area contributed by atoms with Crippen LogP contribution in [0.1, 0.15) is 22.3 Å². The Labute approximate surface area is 234 Å². The molecule has 40 heavy (non-hydrogen) atoms. The third kappa shape index (κ3) is 3.64. The fraction of sp³-hybridized carbons (Fsp3) is 0.0278. The van der Waals surface area contributed by atoms with Crippen LogP contribution in [0.5, 0.6) is 0 Å². The fourth-order valence-corrected chi connectivity index (χ4v) is 7.28. The van der Waals surface area contributed by atoms with Gasteiger partial charge in [-0.2, -0.15) is 0 Å². The molecule has 0 unspecified atom stereocenters. The number of hydrogen-bond donors (Lipinski definition) is 0. The molecule has 0 atom stereocenters. The highest BCUT2D eigenvalue weighted by Gasteiger charge is 2.45. The second kappa shape index (κ2) is 9.44. The maximum atomic E-state index is 13.2. The van der Waals surface area contributed by atoms with Crippen molar-refractivity contribution in [2.45, 2.75) is 15.3 Å². The standard InChI is InChI=1S/C36H25NO2S/c38-40(39,29-14-5-2-6-15-29)35-21-11-20-34(37-35)26-22-24-28(25-23-26)36(27-12-3-1-4-13-27)32-18-9-7-16-30(32)31-17-8-10-19-33(31)36/h1-25H. The van der Waals surface area contributed by atoms with Gasteiger partial charge in [-0.25, -0.2) is 13.4 Å². The Balaban J connectivity index is 1.37. The van der Waals surface area contributed by atoms with Crippen molar-refractivity contribution in [3.63, 3.8) is 0 Å². The smallest absolute Gasteiger partial charge is 0.223 e. The molecule has 0 N–H and O–H groups in total. The first-order chi connectivity index (χ1) is 19.6. The minimum Gasteiger partial charge on any atom is -0.236 e. The van der Waals surface area contributed by atoms with Gasteiger partial charge in [0.15, 0.2) is 5.03 Å². The molecule has 5 aromatic carbocycles. The summed E-state index contributed by atoms with van der Waals surface area (Å²) in [6, 6.07) is 49.9. The van der Waals surface area contributed by atoms with Gasteiger partial charge in [-0.15, -0.1) is 0 Å². The molecule has 0 bridgehead atoms. The van der Waals surface area contributed by atoms with E-state index in [4.69, 9.17) is 0 Å². The topological polar surface area (TPSA) is 47.0 Å². The van der Waals surface area contributed by atoms with Crippen LogP contribution in [0.25, 0.3) is 22.4 Å². The predicted molar refractivity (Wildman–Crippen MR) is 159 cm³/mol. The summed E-state index contributed by atoms with van der Waals surface area (Å²) in [6.07, 6.45) is 0. The Morgan fingerprint density at radius 2 is 1.00 bits per heavy atom. The van der Waals surface area contributed by atoms with E-state index < -0.39 is 15.3 Å². The molecule has 4 heteroatoms. The Bertz CT molecular complexity index is 1900. The average molecular weight is 536 g/mol. The van der Waals surface area contributed by atoms with Crippen LogP contribution in [-0.2, 0) is 15.3 Å². The van der Waals surface area contributed by atoms with Crippen molar-refractivity contribution in [3.05, 3.63) is 174 Å². The van der Waals surface area contributed by atoms with Crippen molar-refractivity contribution in [2.75, 3.05) is 0 Å². The molecule has 0 aliphatic heterocycles. The van der Waals surface area contributed by atoms with Crippen molar-refractivity contribution in [1.29, 1.82) is 0 Å². The van der Waals surface area contributed by atoms with Gasteiger partial charge in [-0.05, 0) is 57.6 Å². The molecule has 0 amide bonds. The van der Waals surface area contributed by atoms with Crippen molar-refractivity contribution in [3.8, 4) is 22.4 Å². The van der Waals surface area contributed by atoms with E-state index >= 15 is 0 Å². The number of aromatic nitrogens is 1. The first-order valence-corrected chi connectivity index (χ1v) is 14.7. The lowest BCUT2D eigenvalue weighted by Gasteiger charge is -2.34. The van der Waals surface area contributed by atoms with Crippen molar-refractivity contribution in [1.82, 2.24) is 4.98 Å². The molecule has 1 aliphatic rings. The van der Waals surface area contributed by atoms with Gasteiger partial charge in [0.1, 0.15) is 0 Å². The van der Waals surface area contributed by atoms with E-state index in [1.807, 2.05) is 18.2 Å². The largest absolute Gasteiger partial charge is 0.236 e. The van der Waals surface area contributed by atoms with E-state index in [2.05, 4.69) is 96.0 Å². The minimum atomic E-state index is -3.71. The molecule has 6 aromatic rings. The van der Waals surface area contributed by atoms with E-state index in [1.165, 1.54) is 27.8 Å². The zero-order chi connectivity index (χ0) is 27.2. The fourth-order valence-electron chi connectivity index (χ4n) is 6.05. The first kappa shape index (κ1) is 24.3. The molecule has 7 rings (SSSR count). The summed E-state index contributed by atoms with van der Waals surface area (Å²) in [5, 5.41) is 0.0414. The highest BCUT2D eigenvalue weighted by molar-refractivity contribution is 7.91. The molecular weight excluding hydrogens is 510 g/mol. The van der Waals surface area contributed by atoms with Crippen LogP contribution in [0.4, 0.5) is 0 Å². The Morgan fingerprint density at radius 3 is 1.62 bits per heavy atom. The summed E-state index contributed by atoms with van der Waals surface area (Å²) in [5.74, 6) is 0. The van der Waals surface area contributed by atoms with Gasteiger partial charge in [0.05, 0.1) is 16.0 Å². The number of pyridine rings is 1. The third-order valence-electron chi connectivity index (χ3n) is 7.83. The molecule has 1 heterocycles. The summed E-state index contributed by atoms with van der Waals surface area (Å²) < 4.78 is 26.4. The highest BCUT2D eigenvalue weighted by Crippen LogP contribution is 2.55. The van der Waals surface area contributed by atoms with Crippen LogP contribution in [0.2, 0.25) is 0 Å². The van der Waals surface area contributed by atoms with Gasteiger partial charge in [-0.1, -0.05) is 127 Å². The molecular formula is C36H25NO2S. The van der Waals surface area contributed by atoms with Crippen LogP contribution in [0, 0.1) is 0 Å². The zero-order valence-electron chi connectivity index (χ0n) is 21.6. The Kier molecular flexibility index (Phi) is 5.72. The number of rotatable bonds is 5. The number of hydrogen-bond acceptors (Lipinski definition) is 3. The van der Waals surface area contributed by atoms with Crippen molar-refractivity contribution in [2.24, 2.45) is 0 Å². The lowest BCUT2D eigenvalue weighted by Crippen LogP contribution is -2.28. The van der Waals surface area contributed by atoms with Gasteiger partial charge in [-0.3, -0.25) is 0 Å². The average Bonchev–Trinajstić information content (AvgIpc) is 3.33. The quantitative estimate of drug-likeness (QED) is 0.225. The van der Waals surface area contributed by atoms with E-state index in [0.717, 1.165) is 11.1 Å². The van der Waals surface area contributed by atoms with Crippen molar-refractivity contribution >= 4 is 9.84 Å². The number of fused-ring (bicyclic) bond motifs is 3. The number of sulfone groups is 1. The van der Waals surface area contributed by atoms with Gasteiger partial charge >= 0.3 is 0 Å².